The van der Waals surface area contributed by atoms with Gasteiger partial charge in [-0.1, -0.05) is 6.07 Å². The minimum Gasteiger partial charge on any atom is -0.361 e. The van der Waals surface area contributed by atoms with Gasteiger partial charge in [0.2, 0.25) is 0 Å². The first kappa shape index (κ1) is 12.4. The van der Waals surface area contributed by atoms with Gasteiger partial charge in [0, 0.05) is 47.5 Å². The summed E-state index contributed by atoms with van der Waals surface area (Å²) in [5.41, 5.74) is 2.70. The van der Waals surface area contributed by atoms with Crippen molar-refractivity contribution in [3.8, 4) is 0 Å². The first-order valence-corrected chi connectivity index (χ1v) is 6.58. The summed E-state index contributed by atoms with van der Waals surface area (Å²) in [6, 6.07) is 13.4. The molecule has 0 fully saturated rings. The molecule has 0 radical (unpaired) electrons. The molecule has 0 atom stereocenters. The fourth-order valence-electron chi connectivity index (χ4n) is 2.15. The Labute approximate surface area is 116 Å². The molecule has 4 heteroatoms. The molecular formula is C16H15N3O. The van der Waals surface area contributed by atoms with E-state index in [4.69, 9.17) is 0 Å². The van der Waals surface area contributed by atoms with Gasteiger partial charge in [-0.3, -0.25) is 9.78 Å². The molecule has 100 valence electrons. The van der Waals surface area contributed by atoms with Crippen LogP contribution >= 0.6 is 0 Å². The van der Waals surface area contributed by atoms with Crippen molar-refractivity contribution in [1.82, 2.24) is 15.3 Å². The molecule has 0 unspecified atom stereocenters. The Morgan fingerprint density at radius 3 is 3.00 bits per heavy atom. The molecule has 2 heterocycles. The number of fused-ring (bicyclic) bond motifs is 1. The molecule has 0 aliphatic carbocycles. The molecule has 2 N–H and O–H groups in total. The predicted octanol–water partition coefficient (Wildman–Crippen LogP) is 2.54. The van der Waals surface area contributed by atoms with Crippen LogP contribution in [0.4, 0.5) is 0 Å². The molecule has 0 bridgehead atoms. The van der Waals surface area contributed by atoms with E-state index in [0.29, 0.717) is 12.1 Å². The summed E-state index contributed by atoms with van der Waals surface area (Å²) in [6.45, 7) is 0.584. The highest BCUT2D eigenvalue weighted by atomic mass is 16.1. The fraction of sp³-hybridized carbons (Fsp3) is 0.125. The van der Waals surface area contributed by atoms with Crippen molar-refractivity contribution in [2.75, 3.05) is 6.54 Å². The second kappa shape index (κ2) is 5.57. The van der Waals surface area contributed by atoms with E-state index in [1.54, 1.807) is 6.20 Å². The zero-order valence-electron chi connectivity index (χ0n) is 11.0. The third kappa shape index (κ3) is 2.69. The summed E-state index contributed by atoms with van der Waals surface area (Å²) in [7, 11) is 0. The lowest BCUT2D eigenvalue weighted by molar-refractivity contribution is 0.0954. The Morgan fingerprint density at radius 2 is 2.15 bits per heavy atom. The number of benzene rings is 1. The van der Waals surface area contributed by atoms with E-state index >= 15 is 0 Å². The number of carbonyl (C=O) groups excluding carboxylic acids is 1. The summed E-state index contributed by atoms with van der Waals surface area (Å²) in [6.07, 6.45) is 4.36. The number of H-pyrrole nitrogens is 1. The fourth-order valence-corrected chi connectivity index (χ4v) is 2.15. The minimum atomic E-state index is -0.0518. The van der Waals surface area contributed by atoms with Crippen LogP contribution in [0.15, 0.2) is 54.9 Å². The van der Waals surface area contributed by atoms with Crippen LogP contribution < -0.4 is 5.32 Å². The van der Waals surface area contributed by atoms with Gasteiger partial charge in [0.1, 0.15) is 0 Å². The van der Waals surface area contributed by atoms with Crippen LogP contribution in [-0.4, -0.2) is 22.4 Å². The molecule has 0 saturated heterocycles. The van der Waals surface area contributed by atoms with E-state index in [9.17, 15) is 4.79 Å². The number of amides is 1. The van der Waals surface area contributed by atoms with E-state index < -0.39 is 0 Å². The highest BCUT2D eigenvalue weighted by molar-refractivity contribution is 5.98. The molecule has 1 aromatic carbocycles. The van der Waals surface area contributed by atoms with Gasteiger partial charge in [0.25, 0.3) is 5.91 Å². The van der Waals surface area contributed by atoms with Crippen LogP contribution in [-0.2, 0) is 6.42 Å². The van der Waals surface area contributed by atoms with Gasteiger partial charge in [-0.2, -0.15) is 0 Å². The molecule has 20 heavy (non-hydrogen) atoms. The quantitative estimate of drug-likeness (QED) is 0.761. The van der Waals surface area contributed by atoms with Gasteiger partial charge in [0.15, 0.2) is 0 Å². The Bertz CT molecular complexity index is 719. The maximum Gasteiger partial charge on any atom is 0.251 e. The maximum absolute atomic E-state index is 12.1. The van der Waals surface area contributed by atoms with Crippen LogP contribution in [0.5, 0.6) is 0 Å². The maximum atomic E-state index is 12.1. The third-order valence-corrected chi connectivity index (χ3v) is 3.21. The SMILES string of the molecule is O=C(NCCc1ccccn1)c1ccc2[nH]ccc2c1. The van der Waals surface area contributed by atoms with E-state index in [1.165, 1.54) is 0 Å². The Balaban J connectivity index is 1.61. The largest absolute Gasteiger partial charge is 0.361 e. The highest BCUT2D eigenvalue weighted by Gasteiger charge is 2.06. The van der Waals surface area contributed by atoms with Crippen molar-refractivity contribution < 1.29 is 4.79 Å². The summed E-state index contributed by atoms with van der Waals surface area (Å²) in [5.74, 6) is -0.0518. The minimum absolute atomic E-state index is 0.0518. The van der Waals surface area contributed by atoms with Crippen LogP contribution in [0.25, 0.3) is 10.9 Å². The molecule has 2 aromatic heterocycles. The van der Waals surface area contributed by atoms with Crippen molar-refractivity contribution in [2.24, 2.45) is 0 Å². The van der Waals surface area contributed by atoms with Crippen LogP contribution in [0.3, 0.4) is 0 Å². The van der Waals surface area contributed by atoms with Crippen molar-refractivity contribution in [2.45, 2.75) is 6.42 Å². The Morgan fingerprint density at radius 1 is 1.20 bits per heavy atom. The first-order valence-electron chi connectivity index (χ1n) is 6.58. The Kier molecular flexibility index (Phi) is 3.46. The number of aromatic nitrogens is 2. The monoisotopic (exact) mass is 265 g/mol. The summed E-state index contributed by atoms with van der Waals surface area (Å²) < 4.78 is 0. The van der Waals surface area contributed by atoms with E-state index in [0.717, 1.165) is 23.0 Å². The molecular weight excluding hydrogens is 250 g/mol. The Hall–Kier alpha value is -2.62. The number of aromatic amines is 1. The lowest BCUT2D eigenvalue weighted by Gasteiger charge is -2.05. The van der Waals surface area contributed by atoms with Crippen LogP contribution in [0.1, 0.15) is 16.1 Å². The second-order valence-electron chi connectivity index (χ2n) is 4.61. The van der Waals surface area contributed by atoms with E-state index in [-0.39, 0.29) is 5.91 Å². The van der Waals surface area contributed by atoms with Crippen molar-refractivity contribution in [1.29, 1.82) is 0 Å². The number of hydrogen-bond acceptors (Lipinski definition) is 2. The summed E-state index contributed by atoms with van der Waals surface area (Å²) >= 11 is 0. The molecule has 1 amide bonds. The lowest BCUT2D eigenvalue weighted by Crippen LogP contribution is -2.25. The molecule has 0 aliphatic heterocycles. The average Bonchev–Trinajstić information content (AvgIpc) is 2.95. The summed E-state index contributed by atoms with van der Waals surface area (Å²) in [4.78, 5) is 19.4. The number of hydrogen-bond donors (Lipinski definition) is 2. The molecule has 3 rings (SSSR count). The van der Waals surface area contributed by atoms with Crippen molar-refractivity contribution >= 4 is 16.8 Å². The molecule has 4 nitrogen and oxygen atoms in total. The lowest BCUT2D eigenvalue weighted by atomic mass is 10.1. The van der Waals surface area contributed by atoms with Crippen LogP contribution in [0, 0.1) is 0 Å². The van der Waals surface area contributed by atoms with Gasteiger partial charge < -0.3 is 10.3 Å². The number of pyridine rings is 1. The van der Waals surface area contributed by atoms with E-state index in [1.807, 2.05) is 48.7 Å². The number of carbonyl (C=O) groups is 1. The van der Waals surface area contributed by atoms with Gasteiger partial charge in [-0.15, -0.1) is 0 Å². The number of nitrogens with zero attached hydrogens (tertiary/aromatic N) is 1. The van der Waals surface area contributed by atoms with Gasteiger partial charge in [0.05, 0.1) is 0 Å². The average molecular weight is 265 g/mol. The molecule has 0 aliphatic rings. The van der Waals surface area contributed by atoms with Gasteiger partial charge in [-0.25, -0.2) is 0 Å². The van der Waals surface area contributed by atoms with E-state index in [2.05, 4.69) is 15.3 Å². The molecule has 3 aromatic rings. The van der Waals surface area contributed by atoms with Gasteiger partial charge >= 0.3 is 0 Å². The smallest absolute Gasteiger partial charge is 0.251 e. The zero-order valence-corrected chi connectivity index (χ0v) is 11.0. The standard InChI is InChI=1S/C16H15N3O/c20-16(19-10-7-14-3-1-2-8-17-14)13-4-5-15-12(11-13)6-9-18-15/h1-6,8-9,11,18H,7,10H2,(H,19,20). The van der Waals surface area contributed by atoms with Gasteiger partial charge in [-0.05, 0) is 36.4 Å². The normalized spacial score (nSPS) is 10.6. The third-order valence-electron chi connectivity index (χ3n) is 3.21. The molecule has 0 spiro atoms. The first-order chi connectivity index (χ1) is 9.83. The second-order valence-corrected chi connectivity index (χ2v) is 4.61. The molecule has 0 saturated carbocycles. The zero-order chi connectivity index (χ0) is 13.8. The topological polar surface area (TPSA) is 57.8 Å². The highest BCUT2D eigenvalue weighted by Crippen LogP contribution is 2.14. The van der Waals surface area contributed by atoms with Crippen LogP contribution in [0.2, 0.25) is 0 Å². The number of rotatable bonds is 4. The number of nitrogens with one attached hydrogen (secondary N) is 2. The predicted molar refractivity (Wildman–Crippen MR) is 78.6 cm³/mol. The summed E-state index contributed by atoms with van der Waals surface area (Å²) in [5, 5.41) is 3.96. The van der Waals surface area contributed by atoms with Crippen molar-refractivity contribution in [3.63, 3.8) is 0 Å². The van der Waals surface area contributed by atoms with Crippen molar-refractivity contribution in [3.05, 3.63) is 66.1 Å².